The van der Waals surface area contributed by atoms with Crippen molar-refractivity contribution in [2.45, 2.75) is 13.0 Å². The monoisotopic (exact) mass is 321 g/mol. The number of pyridine rings is 1. The molecule has 4 nitrogen and oxygen atoms in total. The highest BCUT2D eigenvalue weighted by molar-refractivity contribution is 9.10. The summed E-state index contributed by atoms with van der Waals surface area (Å²) >= 11 is 3.20. The van der Waals surface area contributed by atoms with Crippen molar-refractivity contribution in [3.63, 3.8) is 0 Å². The summed E-state index contributed by atoms with van der Waals surface area (Å²) in [5, 5.41) is 8.69. The number of benzene rings is 1. The number of carboxylic acids is 1. The SMILES string of the molecule is O=C(O)Cc1ccc(Cn2cccc(Br)c2=O)cc1. The van der Waals surface area contributed by atoms with Crippen LogP contribution in [0.2, 0.25) is 0 Å². The van der Waals surface area contributed by atoms with Gasteiger partial charge in [0.15, 0.2) is 0 Å². The molecule has 0 saturated carbocycles. The molecule has 1 aromatic heterocycles. The molecule has 2 aromatic rings. The smallest absolute Gasteiger partial charge is 0.307 e. The second kappa shape index (κ2) is 5.84. The second-order valence-corrected chi connectivity index (χ2v) is 5.03. The van der Waals surface area contributed by atoms with Crippen molar-refractivity contribution < 1.29 is 9.90 Å². The molecule has 0 saturated heterocycles. The van der Waals surface area contributed by atoms with Crippen molar-refractivity contribution in [1.29, 1.82) is 0 Å². The van der Waals surface area contributed by atoms with Crippen molar-refractivity contribution in [2.75, 3.05) is 0 Å². The molecule has 1 heterocycles. The molecule has 98 valence electrons. The third-order valence-corrected chi connectivity index (χ3v) is 3.31. The highest BCUT2D eigenvalue weighted by Crippen LogP contribution is 2.08. The Labute approximate surface area is 118 Å². The topological polar surface area (TPSA) is 59.3 Å². The highest BCUT2D eigenvalue weighted by atomic mass is 79.9. The Hall–Kier alpha value is -1.88. The van der Waals surface area contributed by atoms with Gasteiger partial charge in [0, 0.05) is 6.20 Å². The normalized spacial score (nSPS) is 10.4. The van der Waals surface area contributed by atoms with Crippen molar-refractivity contribution >= 4 is 21.9 Å². The van der Waals surface area contributed by atoms with Gasteiger partial charge in [0.05, 0.1) is 17.4 Å². The zero-order valence-corrected chi connectivity index (χ0v) is 11.6. The fraction of sp³-hybridized carbons (Fsp3) is 0.143. The molecule has 0 unspecified atom stereocenters. The molecule has 2 rings (SSSR count). The third kappa shape index (κ3) is 3.54. The molecular weight excluding hydrogens is 310 g/mol. The van der Waals surface area contributed by atoms with Gasteiger partial charge in [-0.15, -0.1) is 0 Å². The third-order valence-electron chi connectivity index (χ3n) is 2.70. The standard InChI is InChI=1S/C14H12BrNO3/c15-12-2-1-7-16(14(12)19)9-11-5-3-10(4-6-11)8-13(17)18/h1-7H,8-9H2,(H,17,18). The molecular formula is C14H12BrNO3. The number of nitrogens with zero attached hydrogens (tertiary/aromatic N) is 1. The first-order valence-electron chi connectivity index (χ1n) is 5.71. The van der Waals surface area contributed by atoms with E-state index >= 15 is 0 Å². The van der Waals surface area contributed by atoms with Gasteiger partial charge in [0.1, 0.15) is 0 Å². The number of aliphatic carboxylic acids is 1. The van der Waals surface area contributed by atoms with E-state index in [-0.39, 0.29) is 12.0 Å². The minimum atomic E-state index is -0.851. The van der Waals surface area contributed by atoms with E-state index < -0.39 is 5.97 Å². The van der Waals surface area contributed by atoms with E-state index in [9.17, 15) is 9.59 Å². The minimum Gasteiger partial charge on any atom is -0.481 e. The summed E-state index contributed by atoms with van der Waals surface area (Å²) < 4.78 is 2.12. The Morgan fingerprint density at radius 1 is 1.16 bits per heavy atom. The van der Waals surface area contributed by atoms with Crippen LogP contribution in [0.4, 0.5) is 0 Å². The van der Waals surface area contributed by atoms with Gasteiger partial charge in [-0.3, -0.25) is 9.59 Å². The molecule has 5 heteroatoms. The van der Waals surface area contributed by atoms with Crippen LogP contribution in [0.3, 0.4) is 0 Å². The number of carboxylic acid groups (broad SMARTS) is 1. The van der Waals surface area contributed by atoms with Crippen LogP contribution >= 0.6 is 15.9 Å². The summed E-state index contributed by atoms with van der Waals surface area (Å²) in [6.45, 7) is 0.464. The largest absolute Gasteiger partial charge is 0.481 e. The van der Waals surface area contributed by atoms with Gasteiger partial charge in [-0.2, -0.15) is 0 Å². The molecule has 0 aliphatic carbocycles. The number of aromatic nitrogens is 1. The van der Waals surface area contributed by atoms with Crippen molar-refractivity contribution in [2.24, 2.45) is 0 Å². The molecule has 19 heavy (non-hydrogen) atoms. The first-order valence-corrected chi connectivity index (χ1v) is 6.50. The van der Waals surface area contributed by atoms with Crippen LogP contribution in [-0.4, -0.2) is 15.6 Å². The van der Waals surface area contributed by atoms with Gasteiger partial charge in [-0.05, 0) is 39.2 Å². The zero-order chi connectivity index (χ0) is 13.8. The van der Waals surface area contributed by atoms with Crippen LogP contribution in [0.1, 0.15) is 11.1 Å². The zero-order valence-electron chi connectivity index (χ0n) is 10.0. The van der Waals surface area contributed by atoms with E-state index in [1.165, 1.54) is 0 Å². The van der Waals surface area contributed by atoms with Crippen molar-refractivity contribution in [3.05, 3.63) is 68.5 Å². The molecule has 0 aliphatic heterocycles. The first kappa shape index (κ1) is 13.5. The van der Waals surface area contributed by atoms with Gasteiger partial charge < -0.3 is 9.67 Å². The molecule has 0 fully saturated rings. The summed E-state index contributed by atoms with van der Waals surface area (Å²) in [4.78, 5) is 22.4. The van der Waals surface area contributed by atoms with Crippen molar-refractivity contribution in [3.8, 4) is 0 Å². The van der Waals surface area contributed by atoms with E-state index in [0.29, 0.717) is 11.0 Å². The lowest BCUT2D eigenvalue weighted by Gasteiger charge is -2.06. The van der Waals surface area contributed by atoms with E-state index in [4.69, 9.17) is 5.11 Å². The van der Waals surface area contributed by atoms with E-state index in [1.807, 2.05) is 12.1 Å². The second-order valence-electron chi connectivity index (χ2n) is 4.18. The predicted octanol–water partition coefficient (Wildman–Crippen LogP) is 2.29. The molecule has 1 N–H and O–H groups in total. The number of halogens is 1. The van der Waals surface area contributed by atoms with Crippen LogP contribution in [0, 0.1) is 0 Å². The number of hydrogen-bond acceptors (Lipinski definition) is 2. The van der Waals surface area contributed by atoms with E-state index in [1.54, 1.807) is 35.0 Å². The first-order chi connectivity index (χ1) is 9.06. The molecule has 1 aromatic carbocycles. The number of hydrogen-bond donors (Lipinski definition) is 1. The molecule has 0 amide bonds. The lowest BCUT2D eigenvalue weighted by Crippen LogP contribution is -2.20. The van der Waals surface area contributed by atoms with Crippen LogP contribution < -0.4 is 5.56 Å². The lowest BCUT2D eigenvalue weighted by atomic mass is 10.1. The maximum atomic E-state index is 11.8. The summed E-state index contributed by atoms with van der Waals surface area (Å²) in [7, 11) is 0. The average molecular weight is 322 g/mol. The van der Waals surface area contributed by atoms with Gasteiger partial charge in [0.25, 0.3) is 5.56 Å². The Balaban J connectivity index is 2.18. The molecule has 0 aliphatic rings. The molecule has 0 atom stereocenters. The number of rotatable bonds is 4. The van der Waals surface area contributed by atoms with Crippen molar-refractivity contribution in [1.82, 2.24) is 4.57 Å². The summed E-state index contributed by atoms with van der Waals surface area (Å²) in [5.74, 6) is -0.851. The van der Waals surface area contributed by atoms with Crippen LogP contribution in [0.15, 0.2) is 51.9 Å². The number of carbonyl (C=O) groups is 1. The van der Waals surface area contributed by atoms with Gasteiger partial charge in [-0.25, -0.2) is 0 Å². The van der Waals surface area contributed by atoms with Crippen LogP contribution in [0.5, 0.6) is 0 Å². The van der Waals surface area contributed by atoms with E-state index in [0.717, 1.165) is 11.1 Å². The summed E-state index contributed by atoms with van der Waals surface area (Å²) in [6.07, 6.45) is 1.73. The Morgan fingerprint density at radius 3 is 2.42 bits per heavy atom. The molecule has 0 bridgehead atoms. The predicted molar refractivity (Wildman–Crippen MR) is 75.3 cm³/mol. The fourth-order valence-corrected chi connectivity index (χ4v) is 2.15. The molecule has 0 radical (unpaired) electrons. The summed E-state index contributed by atoms with van der Waals surface area (Å²) in [6, 6.07) is 10.7. The maximum absolute atomic E-state index is 11.8. The fourth-order valence-electron chi connectivity index (χ4n) is 1.77. The highest BCUT2D eigenvalue weighted by Gasteiger charge is 2.03. The molecule has 0 spiro atoms. The van der Waals surface area contributed by atoms with Crippen LogP contribution in [0.25, 0.3) is 0 Å². The minimum absolute atomic E-state index is 0.0110. The van der Waals surface area contributed by atoms with Gasteiger partial charge in [0.2, 0.25) is 0 Å². The quantitative estimate of drug-likeness (QED) is 0.939. The van der Waals surface area contributed by atoms with Crippen LogP contribution in [-0.2, 0) is 17.8 Å². The maximum Gasteiger partial charge on any atom is 0.307 e. The Morgan fingerprint density at radius 2 is 1.79 bits per heavy atom. The average Bonchev–Trinajstić information content (AvgIpc) is 2.37. The lowest BCUT2D eigenvalue weighted by molar-refractivity contribution is -0.136. The summed E-state index contributed by atoms with van der Waals surface area (Å²) in [5.41, 5.74) is 1.62. The Bertz CT molecular complexity index is 646. The van der Waals surface area contributed by atoms with Gasteiger partial charge >= 0.3 is 5.97 Å². The Kier molecular flexibility index (Phi) is 4.16. The van der Waals surface area contributed by atoms with E-state index in [2.05, 4.69) is 15.9 Å². The van der Waals surface area contributed by atoms with Gasteiger partial charge in [-0.1, -0.05) is 24.3 Å².